The number of anilines is 1. The van der Waals surface area contributed by atoms with Gasteiger partial charge < -0.3 is 30.9 Å². The third-order valence-electron chi connectivity index (χ3n) is 6.04. The molecular formula is C28H43N5O6Si. The van der Waals surface area contributed by atoms with Crippen molar-refractivity contribution in [3.63, 3.8) is 0 Å². The standard InChI is InChI=1S/C28H43N5O6Si/c1-40(2,3)17-16-39-28(38)33-24(18-20-8-5-4-6-9-20)26(36)32-23(10-7-15-30-27(29)37)25(35)31-22-13-11-21(19-34)12-14-22/h4-6,8-9,11-14,23-24,27,30,34,37H,7,10,15-19,29H2,1-3H3,(H,31,35)(H,32,36)(H,33,38)/t23-,24-,27?/m0/s1. The summed E-state index contributed by atoms with van der Waals surface area (Å²) >= 11 is 0. The van der Waals surface area contributed by atoms with Gasteiger partial charge in [0.25, 0.3) is 0 Å². The van der Waals surface area contributed by atoms with E-state index in [1.54, 1.807) is 24.3 Å². The van der Waals surface area contributed by atoms with Crippen LogP contribution >= 0.6 is 0 Å². The number of carbonyl (C=O) groups excluding carboxylic acids is 3. The number of aliphatic hydroxyl groups is 2. The van der Waals surface area contributed by atoms with Gasteiger partial charge in [0, 0.05) is 20.2 Å². The normalized spacial score (nSPS) is 13.6. The molecule has 0 bridgehead atoms. The van der Waals surface area contributed by atoms with Gasteiger partial charge in [-0.2, -0.15) is 0 Å². The quantitative estimate of drug-likeness (QED) is 0.0905. The maximum atomic E-state index is 13.4. The van der Waals surface area contributed by atoms with Gasteiger partial charge in [0.2, 0.25) is 11.8 Å². The third-order valence-corrected chi connectivity index (χ3v) is 7.74. The maximum Gasteiger partial charge on any atom is 0.407 e. The highest BCUT2D eigenvalue weighted by molar-refractivity contribution is 6.76. The lowest BCUT2D eigenvalue weighted by atomic mass is 10.0. The van der Waals surface area contributed by atoms with Gasteiger partial charge in [-0.25, -0.2) is 4.79 Å². The van der Waals surface area contributed by atoms with Gasteiger partial charge in [-0.3, -0.25) is 20.6 Å². The Hall–Kier alpha value is -3.29. The molecule has 3 atom stereocenters. The Bertz CT molecular complexity index is 1060. The molecule has 0 aliphatic heterocycles. The van der Waals surface area contributed by atoms with Crippen LogP contribution in [-0.2, 0) is 27.4 Å². The molecule has 0 radical (unpaired) electrons. The number of nitrogens with one attached hydrogen (secondary N) is 4. The summed E-state index contributed by atoms with van der Waals surface area (Å²) < 4.78 is 5.35. The molecule has 2 aromatic carbocycles. The van der Waals surface area contributed by atoms with E-state index in [9.17, 15) is 24.6 Å². The lowest BCUT2D eigenvalue weighted by Crippen LogP contribution is -2.53. The van der Waals surface area contributed by atoms with Gasteiger partial charge in [0.05, 0.1) is 13.2 Å². The van der Waals surface area contributed by atoms with E-state index in [2.05, 4.69) is 40.9 Å². The molecule has 12 heteroatoms. The van der Waals surface area contributed by atoms with E-state index in [-0.39, 0.29) is 26.1 Å². The minimum Gasteiger partial charge on any atom is -0.450 e. The van der Waals surface area contributed by atoms with E-state index < -0.39 is 44.4 Å². The number of alkyl carbamates (subject to hydrolysis) is 1. The first-order valence-corrected chi connectivity index (χ1v) is 17.1. The van der Waals surface area contributed by atoms with Crippen LogP contribution in [0.5, 0.6) is 0 Å². The lowest BCUT2D eigenvalue weighted by Gasteiger charge is -2.24. The molecule has 0 saturated heterocycles. The molecule has 0 aliphatic carbocycles. The van der Waals surface area contributed by atoms with Crippen LogP contribution in [-0.4, -0.2) is 67.8 Å². The monoisotopic (exact) mass is 573 g/mol. The van der Waals surface area contributed by atoms with Crippen LogP contribution < -0.4 is 27.0 Å². The van der Waals surface area contributed by atoms with Crippen molar-refractivity contribution in [2.24, 2.45) is 5.73 Å². The van der Waals surface area contributed by atoms with E-state index in [0.29, 0.717) is 24.2 Å². The summed E-state index contributed by atoms with van der Waals surface area (Å²) in [6, 6.07) is 14.8. The molecular weight excluding hydrogens is 530 g/mol. The van der Waals surface area contributed by atoms with Gasteiger partial charge in [-0.1, -0.05) is 62.1 Å². The first kappa shape index (κ1) is 32.9. The summed E-state index contributed by atoms with van der Waals surface area (Å²) in [7, 11) is -1.41. The van der Waals surface area contributed by atoms with Crippen molar-refractivity contribution >= 4 is 31.7 Å². The highest BCUT2D eigenvalue weighted by atomic mass is 28.3. The fourth-order valence-electron chi connectivity index (χ4n) is 3.71. The largest absolute Gasteiger partial charge is 0.450 e. The predicted molar refractivity (Wildman–Crippen MR) is 157 cm³/mol. The fourth-order valence-corrected chi connectivity index (χ4v) is 4.43. The van der Waals surface area contributed by atoms with Crippen molar-refractivity contribution in [1.82, 2.24) is 16.0 Å². The van der Waals surface area contributed by atoms with E-state index in [0.717, 1.165) is 11.6 Å². The van der Waals surface area contributed by atoms with Crippen molar-refractivity contribution in [2.45, 2.75) is 70.0 Å². The minimum atomic E-state index is -1.41. The second-order valence-electron chi connectivity index (χ2n) is 10.8. The van der Waals surface area contributed by atoms with Crippen molar-refractivity contribution in [3.05, 3.63) is 65.7 Å². The molecule has 40 heavy (non-hydrogen) atoms. The molecule has 0 heterocycles. The zero-order valence-corrected chi connectivity index (χ0v) is 24.5. The van der Waals surface area contributed by atoms with Crippen LogP contribution in [0.15, 0.2) is 54.6 Å². The Balaban J connectivity index is 2.15. The van der Waals surface area contributed by atoms with E-state index in [1.807, 2.05) is 30.3 Å². The van der Waals surface area contributed by atoms with Gasteiger partial charge in [0.15, 0.2) is 6.35 Å². The summed E-state index contributed by atoms with van der Waals surface area (Å²) in [5.41, 5.74) is 7.35. The number of amides is 3. The molecule has 0 aliphatic rings. The number of ether oxygens (including phenoxy) is 1. The Morgan fingerprint density at radius 2 is 1.60 bits per heavy atom. The number of hydrogen-bond acceptors (Lipinski definition) is 8. The molecule has 2 rings (SSSR count). The second-order valence-corrected chi connectivity index (χ2v) is 16.4. The Morgan fingerprint density at radius 3 is 2.20 bits per heavy atom. The molecule has 0 saturated carbocycles. The molecule has 2 aromatic rings. The predicted octanol–water partition coefficient (Wildman–Crippen LogP) is 1.88. The molecule has 11 nitrogen and oxygen atoms in total. The molecule has 1 unspecified atom stereocenters. The van der Waals surface area contributed by atoms with Crippen molar-refractivity contribution in [3.8, 4) is 0 Å². The zero-order chi connectivity index (χ0) is 29.5. The van der Waals surface area contributed by atoms with Crippen molar-refractivity contribution < 1.29 is 29.3 Å². The summed E-state index contributed by atoms with van der Waals surface area (Å²) in [5.74, 6) is -0.983. The highest BCUT2D eigenvalue weighted by Crippen LogP contribution is 2.12. The number of rotatable bonds is 16. The van der Waals surface area contributed by atoms with Gasteiger partial charge in [-0.05, 0) is 48.7 Å². The van der Waals surface area contributed by atoms with Crippen LogP contribution in [0.4, 0.5) is 10.5 Å². The Kier molecular flexibility index (Phi) is 13.8. The lowest BCUT2D eigenvalue weighted by molar-refractivity contribution is -0.128. The number of hydrogen-bond donors (Lipinski definition) is 7. The maximum absolute atomic E-state index is 13.4. The summed E-state index contributed by atoms with van der Waals surface area (Å²) in [6.45, 7) is 6.99. The van der Waals surface area contributed by atoms with Crippen molar-refractivity contribution in [2.75, 3.05) is 18.5 Å². The van der Waals surface area contributed by atoms with Gasteiger partial charge in [0.1, 0.15) is 12.1 Å². The SMILES string of the molecule is C[Si](C)(C)CCOC(=O)N[C@@H](Cc1ccccc1)C(=O)N[C@@H](CCCNC(N)O)C(=O)Nc1ccc(CO)cc1. The molecule has 0 aromatic heterocycles. The third kappa shape index (κ3) is 13.2. The van der Waals surface area contributed by atoms with Crippen LogP contribution in [0.1, 0.15) is 24.0 Å². The number of carbonyl (C=O) groups is 3. The first-order valence-electron chi connectivity index (χ1n) is 13.4. The first-order chi connectivity index (χ1) is 19.0. The van der Waals surface area contributed by atoms with Crippen LogP contribution in [0.3, 0.4) is 0 Å². The molecule has 8 N–H and O–H groups in total. The average Bonchev–Trinajstić information content (AvgIpc) is 2.90. The zero-order valence-electron chi connectivity index (χ0n) is 23.5. The molecule has 3 amide bonds. The van der Waals surface area contributed by atoms with Gasteiger partial charge in [-0.15, -0.1) is 0 Å². The summed E-state index contributed by atoms with van der Waals surface area (Å²) in [6.07, 6.45) is -1.02. The average molecular weight is 574 g/mol. The smallest absolute Gasteiger partial charge is 0.407 e. The van der Waals surface area contributed by atoms with Crippen LogP contribution in [0, 0.1) is 0 Å². The summed E-state index contributed by atoms with van der Waals surface area (Å²) in [5, 5.41) is 29.4. The van der Waals surface area contributed by atoms with E-state index in [4.69, 9.17) is 10.5 Å². The number of nitrogens with two attached hydrogens (primary N) is 1. The van der Waals surface area contributed by atoms with E-state index >= 15 is 0 Å². The molecule has 220 valence electrons. The Morgan fingerprint density at radius 1 is 0.925 bits per heavy atom. The second kappa shape index (κ2) is 16.7. The number of benzene rings is 2. The fraction of sp³-hybridized carbons (Fsp3) is 0.464. The number of aliphatic hydroxyl groups excluding tert-OH is 2. The van der Waals surface area contributed by atoms with E-state index in [1.165, 1.54) is 0 Å². The molecule has 0 fully saturated rings. The van der Waals surface area contributed by atoms with Crippen molar-refractivity contribution in [1.29, 1.82) is 0 Å². The Labute approximate surface area is 236 Å². The highest BCUT2D eigenvalue weighted by Gasteiger charge is 2.28. The van der Waals surface area contributed by atoms with Crippen LogP contribution in [0.2, 0.25) is 25.7 Å². The topological polar surface area (TPSA) is 175 Å². The summed E-state index contributed by atoms with van der Waals surface area (Å²) in [4.78, 5) is 39.2. The molecule has 0 spiro atoms. The minimum absolute atomic E-state index is 0.122. The van der Waals surface area contributed by atoms with Crippen LogP contribution in [0.25, 0.3) is 0 Å². The van der Waals surface area contributed by atoms with Gasteiger partial charge >= 0.3 is 6.09 Å².